The first-order valence-corrected chi connectivity index (χ1v) is 7.44. The summed E-state index contributed by atoms with van der Waals surface area (Å²) in [5.74, 6) is 0. The van der Waals surface area contributed by atoms with Gasteiger partial charge in [-0.15, -0.1) is 0 Å². The number of fused-ring (bicyclic) bond motifs is 1. The minimum Gasteiger partial charge on any atom is -0.280 e. The third-order valence-electron chi connectivity index (χ3n) is 2.86. The van der Waals surface area contributed by atoms with Crippen molar-refractivity contribution in [3.63, 3.8) is 0 Å². The molecule has 0 aliphatic heterocycles. The number of benzene rings is 2. The van der Waals surface area contributed by atoms with Crippen molar-refractivity contribution < 1.29 is 18.0 Å². The van der Waals surface area contributed by atoms with Crippen LogP contribution in [0.25, 0.3) is 11.0 Å². The smallest absolute Gasteiger partial charge is 0.269 e. The van der Waals surface area contributed by atoms with Crippen molar-refractivity contribution in [2.45, 2.75) is 4.90 Å². The molecule has 0 fully saturated rings. The summed E-state index contributed by atoms with van der Waals surface area (Å²) in [6.45, 7) is 0. The molecule has 0 atom stereocenters. The van der Waals surface area contributed by atoms with Crippen LogP contribution in [0.4, 0.5) is 11.4 Å². The van der Waals surface area contributed by atoms with Gasteiger partial charge in [0.15, 0.2) is 0 Å². The molecule has 9 nitrogen and oxygen atoms in total. The molecule has 0 aliphatic rings. The van der Waals surface area contributed by atoms with Crippen LogP contribution in [0, 0.1) is 10.1 Å². The molecule has 0 radical (unpaired) electrons. The number of hydrogen-bond donors (Lipinski definition) is 1. The van der Waals surface area contributed by atoms with Crippen molar-refractivity contribution in [3.05, 3.63) is 52.6 Å². The second-order valence-electron chi connectivity index (χ2n) is 4.32. The Morgan fingerprint density at radius 2 is 1.73 bits per heavy atom. The predicted molar refractivity (Wildman–Crippen MR) is 75.7 cm³/mol. The minimum atomic E-state index is -3.86. The third-order valence-corrected chi connectivity index (χ3v) is 4.26. The highest BCUT2D eigenvalue weighted by Crippen LogP contribution is 2.21. The van der Waals surface area contributed by atoms with E-state index in [1.807, 2.05) is 0 Å². The van der Waals surface area contributed by atoms with E-state index in [0.717, 1.165) is 24.3 Å². The average molecular weight is 320 g/mol. The Morgan fingerprint density at radius 1 is 1.05 bits per heavy atom. The molecular formula is C12H8N4O5S. The molecule has 3 rings (SSSR count). The van der Waals surface area contributed by atoms with Crippen LogP contribution in [0.3, 0.4) is 0 Å². The monoisotopic (exact) mass is 320 g/mol. The summed E-state index contributed by atoms with van der Waals surface area (Å²) in [7, 11) is -3.86. The highest BCUT2D eigenvalue weighted by Gasteiger charge is 2.16. The normalized spacial score (nSPS) is 11.5. The standard InChI is InChI=1S/C12H8N4O5S/c17-16(18)9-2-4-10(5-3-9)22(19,20)15-8-1-6-11-12(7-8)14-21-13-11/h1-7,15H. The van der Waals surface area contributed by atoms with E-state index in [0.29, 0.717) is 11.0 Å². The highest BCUT2D eigenvalue weighted by molar-refractivity contribution is 7.92. The van der Waals surface area contributed by atoms with Gasteiger partial charge >= 0.3 is 0 Å². The lowest BCUT2D eigenvalue weighted by atomic mass is 10.3. The first-order valence-electron chi connectivity index (χ1n) is 5.95. The van der Waals surface area contributed by atoms with Crippen LogP contribution in [0.1, 0.15) is 0 Å². The van der Waals surface area contributed by atoms with Crippen LogP contribution in [0.2, 0.25) is 0 Å². The fraction of sp³-hybridized carbons (Fsp3) is 0. The lowest BCUT2D eigenvalue weighted by molar-refractivity contribution is -0.384. The van der Waals surface area contributed by atoms with Gasteiger partial charge in [0.25, 0.3) is 15.7 Å². The Balaban J connectivity index is 1.90. The summed E-state index contributed by atoms with van der Waals surface area (Å²) in [5, 5.41) is 17.8. The molecule has 3 aromatic rings. The summed E-state index contributed by atoms with van der Waals surface area (Å²) in [6.07, 6.45) is 0. The van der Waals surface area contributed by atoms with Gasteiger partial charge in [-0.2, -0.15) is 0 Å². The summed E-state index contributed by atoms with van der Waals surface area (Å²) >= 11 is 0. The molecule has 0 saturated carbocycles. The highest BCUT2D eigenvalue weighted by atomic mass is 32.2. The van der Waals surface area contributed by atoms with Gasteiger partial charge in [-0.1, -0.05) is 0 Å². The number of sulfonamides is 1. The molecule has 2 aromatic carbocycles. The van der Waals surface area contributed by atoms with E-state index in [9.17, 15) is 18.5 Å². The van der Waals surface area contributed by atoms with Gasteiger partial charge in [0.1, 0.15) is 11.0 Å². The van der Waals surface area contributed by atoms with E-state index >= 15 is 0 Å². The van der Waals surface area contributed by atoms with Crippen molar-refractivity contribution in [1.29, 1.82) is 0 Å². The molecule has 1 aromatic heterocycles. The number of nitrogens with one attached hydrogen (secondary N) is 1. The zero-order valence-corrected chi connectivity index (χ0v) is 11.6. The number of nitrogens with zero attached hydrogens (tertiary/aromatic N) is 3. The topological polar surface area (TPSA) is 128 Å². The van der Waals surface area contributed by atoms with Crippen LogP contribution in [-0.2, 0) is 10.0 Å². The van der Waals surface area contributed by atoms with Gasteiger partial charge in [0, 0.05) is 12.1 Å². The van der Waals surface area contributed by atoms with E-state index in [-0.39, 0.29) is 16.3 Å². The quantitative estimate of drug-likeness (QED) is 0.574. The molecule has 112 valence electrons. The van der Waals surface area contributed by atoms with E-state index in [1.165, 1.54) is 12.1 Å². The maximum absolute atomic E-state index is 12.2. The van der Waals surface area contributed by atoms with Gasteiger partial charge in [0.2, 0.25) is 0 Å². The number of nitro groups is 1. The Labute approximate surface area is 123 Å². The van der Waals surface area contributed by atoms with Crippen molar-refractivity contribution >= 4 is 32.4 Å². The maximum Gasteiger partial charge on any atom is 0.269 e. The molecule has 0 bridgehead atoms. The molecule has 0 spiro atoms. The Bertz CT molecular complexity index is 949. The lowest BCUT2D eigenvalue weighted by Crippen LogP contribution is -2.12. The molecule has 22 heavy (non-hydrogen) atoms. The zero-order valence-electron chi connectivity index (χ0n) is 10.8. The molecule has 0 saturated heterocycles. The van der Waals surface area contributed by atoms with Crippen LogP contribution in [-0.4, -0.2) is 23.7 Å². The van der Waals surface area contributed by atoms with Gasteiger partial charge in [-0.3, -0.25) is 14.8 Å². The average Bonchev–Trinajstić information content (AvgIpc) is 2.94. The lowest BCUT2D eigenvalue weighted by Gasteiger charge is -2.07. The largest absolute Gasteiger partial charge is 0.280 e. The Kier molecular flexibility index (Phi) is 3.22. The number of nitro benzene ring substituents is 1. The Morgan fingerprint density at radius 3 is 2.41 bits per heavy atom. The number of rotatable bonds is 4. The molecule has 1 N–H and O–H groups in total. The molecule has 0 aliphatic carbocycles. The first-order chi connectivity index (χ1) is 10.5. The Hall–Kier alpha value is -3.01. The van der Waals surface area contributed by atoms with Crippen molar-refractivity contribution in [3.8, 4) is 0 Å². The summed E-state index contributed by atoms with van der Waals surface area (Å²) in [4.78, 5) is 9.88. The van der Waals surface area contributed by atoms with Gasteiger partial charge in [0.05, 0.1) is 15.5 Å². The molecule has 0 unspecified atom stereocenters. The van der Waals surface area contributed by atoms with Crippen LogP contribution >= 0.6 is 0 Å². The number of non-ortho nitro benzene ring substituents is 1. The third kappa shape index (κ3) is 2.59. The van der Waals surface area contributed by atoms with Crippen molar-refractivity contribution in [2.24, 2.45) is 0 Å². The fourth-order valence-corrected chi connectivity index (χ4v) is 2.86. The fourth-order valence-electron chi connectivity index (χ4n) is 1.81. The summed E-state index contributed by atoms with van der Waals surface area (Å²) < 4.78 is 31.3. The molecular weight excluding hydrogens is 312 g/mol. The molecule has 10 heteroatoms. The van der Waals surface area contributed by atoms with Crippen LogP contribution in [0.15, 0.2) is 52.0 Å². The van der Waals surface area contributed by atoms with E-state index in [4.69, 9.17) is 0 Å². The maximum atomic E-state index is 12.2. The van der Waals surface area contributed by atoms with Crippen molar-refractivity contribution in [1.82, 2.24) is 10.3 Å². The predicted octanol–water partition coefficient (Wildman–Crippen LogP) is 1.93. The number of anilines is 1. The minimum absolute atomic E-state index is 0.0866. The van der Waals surface area contributed by atoms with E-state index in [1.54, 1.807) is 6.07 Å². The van der Waals surface area contributed by atoms with Gasteiger partial charge in [-0.25, -0.2) is 13.0 Å². The van der Waals surface area contributed by atoms with E-state index < -0.39 is 14.9 Å². The van der Waals surface area contributed by atoms with E-state index in [2.05, 4.69) is 19.7 Å². The summed E-state index contributed by atoms with van der Waals surface area (Å²) in [6, 6.07) is 9.11. The second-order valence-corrected chi connectivity index (χ2v) is 6.01. The number of aromatic nitrogens is 2. The van der Waals surface area contributed by atoms with Gasteiger partial charge in [-0.05, 0) is 40.6 Å². The molecule has 0 amide bonds. The van der Waals surface area contributed by atoms with Gasteiger partial charge < -0.3 is 0 Å². The van der Waals surface area contributed by atoms with Crippen LogP contribution in [0.5, 0.6) is 0 Å². The first kappa shape index (κ1) is 13.9. The SMILES string of the molecule is O=[N+]([O-])c1ccc(S(=O)(=O)Nc2ccc3nonc3c2)cc1. The number of hydrogen-bond acceptors (Lipinski definition) is 7. The molecule has 1 heterocycles. The van der Waals surface area contributed by atoms with Crippen LogP contribution < -0.4 is 4.72 Å². The summed E-state index contributed by atoms with van der Waals surface area (Å²) in [5.41, 5.74) is 0.998. The zero-order chi connectivity index (χ0) is 15.7. The second kappa shape index (κ2) is 5.07. The van der Waals surface area contributed by atoms with Crippen molar-refractivity contribution in [2.75, 3.05) is 4.72 Å².